The number of piperidine rings is 1. The minimum atomic E-state index is -0.00468. The van der Waals surface area contributed by atoms with Crippen molar-refractivity contribution in [1.29, 1.82) is 0 Å². The maximum Gasteiger partial charge on any atom is 0.221 e. The van der Waals surface area contributed by atoms with E-state index in [9.17, 15) is 4.79 Å². The van der Waals surface area contributed by atoms with E-state index in [1.165, 1.54) is 12.5 Å². The van der Waals surface area contributed by atoms with Gasteiger partial charge in [0.1, 0.15) is 6.67 Å². The lowest BCUT2D eigenvalue weighted by Crippen LogP contribution is -2.38. The first-order valence-corrected chi connectivity index (χ1v) is 7.64. The molecule has 0 aromatic heterocycles. The Labute approximate surface area is 132 Å². The minimum absolute atomic E-state index is 0.00468. The van der Waals surface area contributed by atoms with Gasteiger partial charge in [0, 0.05) is 27.1 Å². The van der Waals surface area contributed by atoms with E-state index in [0.717, 1.165) is 25.9 Å². The summed E-state index contributed by atoms with van der Waals surface area (Å²) in [5, 5.41) is 0. The number of carbonyl (C=O) groups is 1. The fourth-order valence-electron chi connectivity index (χ4n) is 2.66. The van der Waals surface area contributed by atoms with Crippen LogP contribution in [0, 0.1) is 0 Å². The molecule has 5 nitrogen and oxygen atoms in total. The van der Waals surface area contributed by atoms with Crippen LogP contribution in [0.25, 0.3) is 0 Å². The first-order valence-electron chi connectivity index (χ1n) is 7.64. The third-order valence-corrected chi connectivity index (χ3v) is 4.15. The van der Waals surface area contributed by atoms with Crippen molar-refractivity contribution in [3.8, 4) is 0 Å². The van der Waals surface area contributed by atoms with Crippen molar-refractivity contribution in [2.45, 2.75) is 25.7 Å². The number of nitrogens with zero attached hydrogens (tertiary/aromatic N) is 4. The third kappa shape index (κ3) is 4.16. The van der Waals surface area contributed by atoms with Crippen LogP contribution in [0.4, 0.5) is 0 Å². The smallest absolute Gasteiger partial charge is 0.221 e. The third-order valence-electron chi connectivity index (χ3n) is 4.15. The quantitative estimate of drug-likeness (QED) is 0.635. The van der Waals surface area contributed by atoms with Crippen molar-refractivity contribution in [3.63, 3.8) is 0 Å². The van der Waals surface area contributed by atoms with Gasteiger partial charge < -0.3 is 9.80 Å². The molecule has 0 aliphatic carbocycles. The number of guanidine groups is 1. The molecule has 1 fully saturated rings. The van der Waals surface area contributed by atoms with Crippen LogP contribution in [0.3, 0.4) is 0 Å². The second kappa shape index (κ2) is 7.73. The van der Waals surface area contributed by atoms with E-state index in [2.05, 4.69) is 51.9 Å². The van der Waals surface area contributed by atoms with Gasteiger partial charge in [-0.25, -0.2) is 9.98 Å². The van der Waals surface area contributed by atoms with Crippen LogP contribution in [0.5, 0.6) is 0 Å². The van der Waals surface area contributed by atoms with Gasteiger partial charge >= 0.3 is 0 Å². The van der Waals surface area contributed by atoms with Crippen LogP contribution in [0.15, 0.2) is 40.3 Å². The second-order valence-electron chi connectivity index (χ2n) is 5.65. The molecule has 1 aliphatic rings. The SMILES string of the molecule is C=NC(=NCN(C)C(C)=O)N1CCC(c2ccccc2)CC1. The Kier molecular flexibility index (Phi) is 5.69. The molecular formula is C17H24N4O. The van der Waals surface area contributed by atoms with E-state index in [1.54, 1.807) is 11.9 Å². The molecule has 1 aliphatic heterocycles. The first-order chi connectivity index (χ1) is 10.6. The van der Waals surface area contributed by atoms with E-state index in [1.807, 2.05) is 0 Å². The Morgan fingerprint density at radius 2 is 1.95 bits per heavy atom. The summed E-state index contributed by atoms with van der Waals surface area (Å²) < 4.78 is 0. The van der Waals surface area contributed by atoms with Gasteiger partial charge in [-0.05, 0) is 31.0 Å². The lowest BCUT2D eigenvalue weighted by Gasteiger charge is -2.33. The molecule has 1 saturated heterocycles. The standard InChI is InChI=1S/C17H24N4O/c1-14(22)20(3)13-19-17(18-2)21-11-9-16(10-12-21)15-7-5-4-6-8-15/h4-8,16H,2,9-13H2,1,3H3. The lowest BCUT2D eigenvalue weighted by molar-refractivity contribution is -0.127. The highest BCUT2D eigenvalue weighted by Crippen LogP contribution is 2.27. The van der Waals surface area contributed by atoms with Gasteiger partial charge in [0.25, 0.3) is 0 Å². The van der Waals surface area contributed by atoms with Crippen molar-refractivity contribution < 1.29 is 4.79 Å². The summed E-state index contributed by atoms with van der Waals surface area (Å²) in [5.74, 6) is 1.23. The van der Waals surface area contributed by atoms with Crippen LogP contribution in [-0.2, 0) is 4.79 Å². The van der Waals surface area contributed by atoms with Gasteiger partial charge in [-0.15, -0.1) is 0 Å². The van der Waals surface area contributed by atoms with Crippen molar-refractivity contribution >= 4 is 18.6 Å². The summed E-state index contributed by atoms with van der Waals surface area (Å²) in [6, 6.07) is 10.6. The van der Waals surface area contributed by atoms with Crippen LogP contribution >= 0.6 is 0 Å². The molecule has 1 heterocycles. The average Bonchev–Trinajstić information content (AvgIpc) is 2.56. The zero-order valence-electron chi connectivity index (χ0n) is 13.4. The normalized spacial score (nSPS) is 16.5. The molecule has 22 heavy (non-hydrogen) atoms. The Balaban J connectivity index is 1.93. The van der Waals surface area contributed by atoms with Crippen LogP contribution in [0.2, 0.25) is 0 Å². The van der Waals surface area contributed by atoms with Gasteiger partial charge in [-0.3, -0.25) is 4.79 Å². The predicted octanol–water partition coefficient (Wildman–Crippen LogP) is 2.36. The number of rotatable bonds is 3. The highest BCUT2D eigenvalue weighted by molar-refractivity contribution is 5.84. The summed E-state index contributed by atoms with van der Waals surface area (Å²) in [6.45, 7) is 7.30. The second-order valence-corrected chi connectivity index (χ2v) is 5.65. The van der Waals surface area contributed by atoms with Gasteiger partial charge in [0.05, 0.1) is 0 Å². The summed E-state index contributed by atoms with van der Waals surface area (Å²) >= 11 is 0. The number of amides is 1. The summed E-state index contributed by atoms with van der Waals surface area (Å²) in [6.07, 6.45) is 2.17. The lowest BCUT2D eigenvalue weighted by atomic mass is 9.90. The molecule has 5 heteroatoms. The molecule has 0 saturated carbocycles. The largest absolute Gasteiger partial charge is 0.341 e. The van der Waals surface area contributed by atoms with Crippen molar-refractivity contribution in [2.24, 2.45) is 9.98 Å². The van der Waals surface area contributed by atoms with Crippen LogP contribution in [0.1, 0.15) is 31.2 Å². The summed E-state index contributed by atoms with van der Waals surface area (Å²) in [5.41, 5.74) is 1.41. The maximum atomic E-state index is 11.2. The fraction of sp³-hybridized carbons (Fsp3) is 0.471. The van der Waals surface area contributed by atoms with Gasteiger partial charge in [0.2, 0.25) is 11.9 Å². The van der Waals surface area contributed by atoms with Crippen molar-refractivity contribution in [1.82, 2.24) is 9.80 Å². The van der Waals surface area contributed by atoms with Crippen molar-refractivity contribution in [3.05, 3.63) is 35.9 Å². The Morgan fingerprint density at radius 3 is 2.50 bits per heavy atom. The summed E-state index contributed by atoms with van der Waals surface area (Å²) in [7, 11) is 1.73. The molecule has 0 atom stereocenters. The Morgan fingerprint density at radius 1 is 1.32 bits per heavy atom. The molecule has 1 aromatic carbocycles. The van der Waals surface area contributed by atoms with E-state index >= 15 is 0 Å². The molecule has 0 radical (unpaired) electrons. The zero-order valence-corrected chi connectivity index (χ0v) is 13.4. The fourth-order valence-corrected chi connectivity index (χ4v) is 2.66. The topological polar surface area (TPSA) is 48.3 Å². The number of hydrogen-bond donors (Lipinski definition) is 0. The molecule has 118 valence electrons. The average molecular weight is 300 g/mol. The van der Waals surface area contributed by atoms with Gasteiger partial charge in [-0.2, -0.15) is 0 Å². The van der Waals surface area contributed by atoms with Gasteiger partial charge in [-0.1, -0.05) is 30.3 Å². The molecule has 2 rings (SSSR count). The highest BCUT2D eigenvalue weighted by atomic mass is 16.2. The van der Waals surface area contributed by atoms with E-state index in [4.69, 9.17) is 0 Å². The molecule has 1 aromatic rings. The number of benzene rings is 1. The summed E-state index contributed by atoms with van der Waals surface area (Å²) in [4.78, 5) is 23.4. The molecular weight excluding hydrogens is 276 g/mol. The Bertz CT molecular complexity index is 533. The Hall–Kier alpha value is -2.17. The number of carbonyl (C=O) groups excluding carboxylic acids is 1. The predicted molar refractivity (Wildman–Crippen MR) is 90.3 cm³/mol. The molecule has 0 N–H and O–H groups in total. The van der Waals surface area contributed by atoms with Crippen LogP contribution in [-0.4, -0.2) is 55.2 Å². The number of hydrogen-bond acceptors (Lipinski definition) is 2. The van der Waals surface area contributed by atoms with E-state index in [-0.39, 0.29) is 5.91 Å². The molecule has 0 spiro atoms. The molecule has 1 amide bonds. The number of likely N-dealkylation sites (tertiary alicyclic amines) is 1. The highest BCUT2D eigenvalue weighted by Gasteiger charge is 2.22. The molecule has 0 bridgehead atoms. The number of aliphatic imine (C=N–C) groups is 2. The van der Waals surface area contributed by atoms with E-state index in [0.29, 0.717) is 18.5 Å². The van der Waals surface area contributed by atoms with Crippen LogP contribution < -0.4 is 0 Å². The van der Waals surface area contributed by atoms with Crippen molar-refractivity contribution in [2.75, 3.05) is 26.8 Å². The monoisotopic (exact) mass is 300 g/mol. The minimum Gasteiger partial charge on any atom is -0.341 e. The zero-order chi connectivity index (χ0) is 15.9. The first kappa shape index (κ1) is 16.2. The van der Waals surface area contributed by atoms with E-state index < -0.39 is 0 Å². The molecule has 0 unspecified atom stereocenters. The maximum absolute atomic E-state index is 11.2. The van der Waals surface area contributed by atoms with Gasteiger partial charge in [0.15, 0.2) is 0 Å².